The minimum Gasteiger partial charge on any atom is -0.481 e. The molecule has 0 aliphatic heterocycles. The number of aliphatic carboxylic acids is 1. The molecule has 1 aliphatic rings. The van der Waals surface area contributed by atoms with Crippen LogP contribution >= 0.6 is 0 Å². The van der Waals surface area contributed by atoms with E-state index in [1.807, 2.05) is 0 Å². The predicted octanol–water partition coefficient (Wildman–Crippen LogP) is 2.45. The Labute approximate surface area is 115 Å². The van der Waals surface area contributed by atoms with Crippen molar-refractivity contribution in [3.05, 3.63) is 12.7 Å². The number of carbonyl (C=O) groups excluding carboxylic acids is 1. The summed E-state index contributed by atoms with van der Waals surface area (Å²) in [6, 6.07) is 0. The van der Waals surface area contributed by atoms with Gasteiger partial charge < -0.3 is 10.0 Å². The number of hydrogen-bond acceptors (Lipinski definition) is 2. The van der Waals surface area contributed by atoms with Crippen molar-refractivity contribution in [1.29, 1.82) is 0 Å². The summed E-state index contributed by atoms with van der Waals surface area (Å²) in [4.78, 5) is 23.7. The number of rotatable bonds is 5. The molecular weight excluding hydrogens is 275 g/mol. The summed E-state index contributed by atoms with van der Waals surface area (Å²) in [5.41, 5.74) is 0. The first-order valence-corrected chi connectivity index (χ1v) is 6.44. The van der Waals surface area contributed by atoms with E-state index in [0.29, 0.717) is 24.2 Å². The van der Waals surface area contributed by atoms with Crippen LogP contribution in [-0.2, 0) is 9.59 Å². The molecule has 0 bridgehead atoms. The summed E-state index contributed by atoms with van der Waals surface area (Å²) < 4.78 is 37.3. The molecule has 0 heterocycles. The van der Waals surface area contributed by atoms with Crippen LogP contribution < -0.4 is 0 Å². The Bertz CT molecular complexity index is 382. The second-order valence-corrected chi connectivity index (χ2v) is 5.02. The van der Waals surface area contributed by atoms with Crippen LogP contribution in [0.4, 0.5) is 13.2 Å². The van der Waals surface area contributed by atoms with Crippen molar-refractivity contribution in [2.24, 2.45) is 11.8 Å². The van der Waals surface area contributed by atoms with Crippen molar-refractivity contribution in [3.8, 4) is 0 Å². The first-order valence-electron chi connectivity index (χ1n) is 6.44. The van der Waals surface area contributed by atoms with Crippen LogP contribution in [0.1, 0.15) is 25.7 Å². The molecule has 0 spiro atoms. The van der Waals surface area contributed by atoms with Gasteiger partial charge in [-0.2, -0.15) is 13.2 Å². The van der Waals surface area contributed by atoms with Gasteiger partial charge in [-0.3, -0.25) is 9.59 Å². The minimum absolute atomic E-state index is 0.111. The van der Waals surface area contributed by atoms with Gasteiger partial charge in [-0.05, 0) is 19.3 Å². The maximum Gasteiger partial charge on any atom is 0.406 e. The zero-order chi connectivity index (χ0) is 15.3. The number of amides is 1. The van der Waals surface area contributed by atoms with Crippen LogP contribution in [-0.4, -0.2) is 41.1 Å². The number of alkyl halides is 3. The molecule has 0 radical (unpaired) electrons. The monoisotopic (exact) mass is 293 g/mol. The van der Waals surface area contributed by atoms with Gasteiger partial charge in [0.25, 0.3) is 0 Å². The summed E-state index contributed by atoms with van der Waals surface area (Å²) >= 11 is 0. The number of nitrogens with zero attached hydrogens (tertiary/aromatic N) is 1. The molecule has 2 unspecified atom stereocenters. The highest BCUT2D eigenvalue weighted by molar-refractivity contribution is 5.80. The van der Waals surface area contributed by atoms with Gasteiger partial charge in [0.1, 0.15) is 6.54 Å². The van der Waals surface area contributed by atoms with Gasteiger partial charge in [-0.1, -0.05) is 12.5 Å². The van der Waals surface area contributed by atoms with E-state index in [1.165, 1.54) is 6.08 Å². The third kappa shape index (κ3) is 4.86. The number of carboxylic acids is 1. The van der Waals surface area contributed by atoms with Crippen LogP contribution in [0.15, 0.2) is 12.7 Å². The third-order valence-electron chi connectivity index (χ3n) is 3.40. The van der Waals surface area contributed by atoms with E-state index >= 15 is 0 Å². The van der Waals surface area contributed by atoms with Gasteiger partial charge in [0.15, 0.2) is 0 Å². The summed E-state index contributed by atoms with van der Waals surface area (Å²) in [7, 11) is 0. The predicted molar refractivity (Wildman–Crippen MR) is 65.9 cm³/mol. The molecule has 7 heteroatoms. The highest BCUT2D eigenvalue weighted by atomic mass is 19.4. The van der Waals surface area contributed by atoms with Crippen LogP contribution in [0, 0.1) is 11.8 Å². The second kappa shape index (κ2) is 6.76. The highest BCUT2D eigenvalue weighted by Gasteiger charge is 2.37. The van der Waals surface area contributed by atoms with Crippen LogP contribution in [0.2, 0.25) is 0 Å². The molecule has 1 amide bonds. The molecule has 4 nitrogen and oxygen atoms in total. The molecule has 114 valence electrons. The quantitative estimate of drug-likeness (QED) is 0.792. The van der Waals surface area contributed by atoms with Gasteiger partial charge in [0, 0.05) is 12.5 Å². The molecule has 0 saturated heterocycles. The molecule has 1 aliphatic carbocycles. The van der Waals surface area contributed by atoms with Crippen molar-refractivity contribution < 1.29 is 27.9 Å². The maximum absolute atomic E-state index is 12.4. The van der Waals surface area contributed by atoms with E-state index in [-0.39, 0.29) is 13.0 Å². The molecule has 2 atom stereocenters. The zero-order valence-corrected chi connectivity index (χ0v) is 11.0. The summed E-state index contributed by atoms with van der Waals surface area (Å²) in [6.45, 7) is 1.83. The molecular formula is C13H18F3NO3. The molecule has 0 aromatic rings. The number of carbonyl (C=O) groups is 2. The van der Waals surface area contributed by atoms with E-state index < -0.39 is 36.4 Å². The van der Waals surface area contributed by atoms with Crippen molar-refractivity contribution >= 4 is 11.9 Å². The Hall–Kier alpha value is -1.53. The first-order chi connectivity index (χ1) is 9.24. The highest BCUT2D eigenvalue weighted by Crippen LogP contribution is 2.31. The normalized spacial score (nSPS) is 23.1. The summed E-state index contributed by atoms with van der Waals surface area (Å²) in [5, 5.41) is 8.95. The SMILES string of the molecule is C=CCN(CC(F)(F)F)C(=O)C1CCCC(C(=O)O)C1. The topological polar surface area (TPSA) is 57.6 Å². The number of halogens is 3. The van der Waals surface area contributed by atoms with Gasteiger partial charge in [0.2, 0.25) is 5.91 Å². The van der Waals surface area contributed by atoms with Gasteiger partial charge in [-0.25, -0.2) is 0 Å². The van der Waals surface area contributed by atoms with Crippen LogP contribution in [0.25, 0.3) is 0 Å². The average Bonchev–Trinajstić information content (AvgIpc) is 2.36. The van der Waals surface area contributed by atoms with Crippen molar-refractivity contribution in [3.63, 3.8) is 0 Å². The lowest BCUT2D eigenvalue weighted by atomic mass is 9.80. The molecule has 1 rings (SSSR count). The first kappa shape index (κ1) is 16.5. The molecule has 1 fully saturated rings. The zero-order valence-electron chi connectivity index (χ0n) is 11.0. The fourth-order valence-electron chi connectivity index (χ4n) is 2.50. The van der Waals surface area contributed by atoms with Crippen molar-refractivity contribution in [1.82, 2.24) is 4.90 Å². The Morgan fingerprint density at radius 2 is 1.90 bits per heavy atom. The largest absolute Gasteiger partial charge is 0.481 e. The van der Waals surface area contributed by atoms with Gasteiger partial charge in [-0.15, -0.1) is 6.58 Å². The fourth-order valence-corrected chi connectivity index (χ4v) is 2.50. The van der Waals surface area contributed by atoms with E-state index in [1.54, 1.807) is 0 Å². The van der Waals surface area contributed by atoms with Crippen molar-refractivity contribution in [2.45, 2.75) is 31.9 Å². The van der Waals surface area contributed by atoms with Gasteiger partial charge >= 0.3 is 12.1 Å². The van der Waals surface area contributed by atoms with E-state index in [2.05, 4.69) is 6.58 Å². The van der Waals surface area contributed by atoms with E-state index in [0.717, 1.165) is 0 Å². The maximum atomic E-state index is 12.4. The van der Waals surface area contributed by atoms with Crippen LogP contribution in [0.3, 0.4) is 0 Å². The van der Waals surface area contributed by atoms with E-state index in [4.69, 9.17) is 5.11 Å². The van der Waals surface area contributed by atoms with Gasteiger partial charge in [0.05, 0.1) is 5.92 Å². The Morgan fingerprint density at radius 1 is 1.30 bits per heavy atom. The Kier molecular flexibility index (Phi) is 5.59. The molecule has 0 aromatic carbocycles. The standard InChI is InChI=1S/C13H18F3NO3/c1-2-6-17(8-13(14,15)16)11(18)9-4-3-5-10(7-9)12(19)20/h2,9-10H,1,3-8H2,(H,19,20). The minimum atomic E-state index is -4.47. The summed E-state index contributed by atoms with van der Waals surface area (Å²) in [6.07, 6.45) is -1.67. The lowest BCUT2D eigenvalue weighted by molar-refractivity contribution is -0.164. The second-order valence-electron chi connectivity index (χ2n) is 5.02. The van der Waals surface area contributed by atoms with E-state index in [9.17, 15) is 22.8 Å². The average molecular weight is 293 g/mol. The number of hydrogen-bond donors (Lipinski definition) is 1. The lowest BCUT2D eigenvalue weighted by Crippen LogP contribution is -2.43. The molecule has 1 saturated carbocycles. The molecule has 20 heavy (non-hydrogen) atoms. The lowest BCUT2D eigenvalue weighted by Gasteiger charge is -2.31. The molecule has 0 aromatic heterocycles. The summed E-state index contributed by atoms with van der Waals surface area (Å²) in [5.74, 6) is -2.91. The smallest absolute Gasteiger partial charge is 0.406 e. The number of carboxylic acid groups (broad SMARTS) is 1. The van der Waals surface area contributed by atoms with Crippen LogP contribution in [0.5, 0.6) is 0 Å². The Morgan fingerprint density at radius 3 is 2.40 bits per heavy atom. The molecule has 1 N–H and O–H groups in total. The Balaban J connectivity index is 2.73. The fraction of sp³-hybridized carbons (Fsp3) is 0.692. The third-order valence-corrected chi connectivity index (χ3v) is 3.40. The van der Waals surface area contributed by atoms with Crippen molar-refractivity contribution in [2.75, 3.05) is 13.1 Å².